The van der Waals surface area contributed by atoms with Gasteiger partial charge in [-0.1, -0.05) is 25.1 Å². The first-order valence-electron chi connectivity index (χ1n) is 10.0. The Morgan fingerprint density at radius 2 is 1.88 bits per heavy atom. The molecule has 1 saturated heterocycles. The number of anilines is 1. The molecule has 0 spiro atoms. The summed E-state index contributed by atoms with van der Waals surface area (Å²) in [7, 11) is -2.44. The molecule has 32 heavy (non-hydrogen) atoms. The quantitative estimate of drug-likeness (QED) is 0.568. The first kappa shape index (κ1) is 23.4. The van der Waals surface area contributed by atoms with Crippen LogP contribution in [0.2, 0.25) is 0 Å². The molecule has 0 aliphatic carbocycles. The highest BCUT2D eigenvalue weighted by Crippen LogP contribution is 2.36. The van der Waals surface area contributed by atoms with Crippen molar-refractivity contribution in [1.29, 1.82) is 0 Å². The second kappa shape index (κ2) is 9.45. The number of aromatic nitrogens is 1. The first-order chi connectivity index (χ1) is 15.1. The Bertz CT molecular complexity index is 1150. The smallest absolute Gasteiger partial charge is 0.313 e. The van der Waals surface area contributed by atoms with Gasteiger partial charge in [0.05, 0.1) is 28.4 Å². The van der Waals surface area contributed by atoms with Crippen LogP contribution in [-0.2, 0) is 19.6 Å². The van der Waals surface area contributed by atoms with E-state index in [1.165, 1.54) is 36.5 Å². The predicted octanol–water partition coefficient (Wildman–Crippen LogP) is 1.03. The molecule has 1 fully saturated rings. The van der Waals surface area contributed by atoms with Crippen LogP contribution in [0, 0.1) is 5.92 Å². The maximum absolute atomic E-state index is 13.1. The molecule has 1 aliphatic rings. The Morgan fingerprint density at radius 3 is 2.56 bits per heavy atom. The third-order valence-corrected chi connectivity index (χ3v) is 6.88. The summed E-state index contributed by atoms with van der Waals surface area (Å²) < 4.78 is 27.4. The van der Waals surface area contributed by atoms with Gasteiger partial charge < -0.3 is 16.0 Å². The second-order valence-electron chi connectivity index (χ2n) is 7.68. The van der Waals surface area contributed by atoms with Gasteiger partial charge in [0.2, 0.25) is 15.9 Å². The number of rotatable bonds is 5. The Labute approximate surface area is 186 Å². The maximum Gasteiger partial charge on any atom is 0.313 e. The van der Waals surface area contributed by atoms with E-state index in [9.17, 15) is 22.8 Å². The molecule has 1 aromatic carbocycles. The molecule has 2 atom stereocenters. The molecule has 10 nitrogen and oxygen atoms in total. The van der Waals surface area contributed by atoms with Crippen LogP contribution < -0.4 is 15.8 Å². The highest BCUT2D eigenvalue weighted by molar-refractivity contribution is 7.89. The van der Waals surface area contributed by atoms with Crippen molar-refractivity contribution < 1.29 is 22.8 Å². The van der Waals surface area contributed by atoms with Crippen molar-refractivity contribution in [3.8, 4) is 0 Å². The summed E-state index contributed by atoms with van der Waals surface area (Å²) in [4.78, 5) is 42.5. The molecular weight excluding hydrogens is 434 g/mol. The van der Waals surface area contributed by atoms with Crippen LogP contribution in [0.1, 0.15) is 41.7 Å². The SMILES string of the molecule is CNS(=O)(=O)c1ccccc1C1CCC(C)CN1C(=O)C(=O)Nc1cncc(C(N)=O)c1. The predicted molar refractivity (Wildman–Crippen MR) is 117 cm³/mol. The van der Waals surface area contributed by atoms with Crippen molar-refractivity contribution in [2.45, 2.75) is 30.7 Å². The molecule has 3 rings (SSSR count). The Balaban J connectivity index is 1.91. The fraction of sp³-hybridized carbons (Fsp3) is 0.333. The Kier molecular flexibility index (Phi) is 6.90. The van der Waals surface area contributed by atoms with Crippen LogP contribution in [0.5, 0.6) is 0 Å². The number of pyridine rings is 1. The molecule has 1 aromatic heterocycles. The number of amides is 3. The summed E-state index contributed by atoms with van der Waals surface area (Å²) in [5.41, 5.74) is 5.92. The van der Waals surface area contributed by atoms with Crippen LogP contribution in [0.25, 0.3) is 0 Å². The number of piperidine rings is 1. The standard InChI is InChI=1S/C21H25N5O5S/c1-13-7-8-17(16-5-3-4-6-18(16)32(30,31)23-2)26(12-13)21(29)20(28)25-15-9-14(19(22)27)10-24-11-15/h3-6,9-11,13,17,23H,7-8,12H2,1-2H3,(H2,22,27)(H,25,28). The molecular formula is C21H25N5O5S. The fourth-order valence-corrected chi connectivity index (χ4v) is 4.76. The number of hydrogen-bond donors (Lipinski definition) is 3. The van der Waals surface area contributed by atoms with E-state index in [1.807, 2.05) is 6.92 Å². The van der Waals surface area contributed by atoms with Crippen molar-refractivity contribution in [3.63, 3.8) is 0 Å². The van der Waals surface area contributed by atoms with Crippen molar-refractivity contribution in [2.75, 3.05) is 18.9 Å². The van der Waals surface area contributed by atoms with Gasteiger partial charge >= 0.3 is 11.8 Å². The Hall–Kier alpha value is -3.31. The lowest BCUT2D eigenvalue weighted by atomic mass is 9.89. The normalized spacial score (nSPS) is 18.8. The average molecular weight is 460 g/mol. The number of hydrogen-bond acceptors (Lipinski definition) is 6. The highest BCUT2D eigenvalue weighted by atomic mass is 32.2. The molecule has 2 unspecified atom stereocenters. The van der Waals surface area contributed by atoms with E-state index in [-0.39, 0.29) is 22.1 Å². The van der Waals surface area contributed by atoms with Gasteiger partial charge in [-0.05, 0) is 43.5 Å². The molecule has 0 bridgehead atoms. The molecule has 2 aromatic rings. The van der Waals surface area contributed by atoms with Gasteiger partial charge in [-0.25, -0.2) is 13.1 Å². The van der Waals surface area contributed by atoms with E-state index >= 15 is 0 Å². The number of benzene rings is 1. The molecule has 3 amide bonds. The minimum Gasteiger partial charge on any atom is -0.366 e. The molecule has 1 aliphatic heterocycles. The van der Waals surface area contributed by atoms with Gasteiger partial charge in [-0.15, -0.1) is 0 Å². The third-order valence-electron chi connectivity index (χ3n) is 5.39. The van der Waals surface area contributed by atoms with E-state index in [0.717, 1.165) is 6.42 Å². The molecule has 0 saturated carbocycles. The number of likely N-dealkylation sites (tertiary alicyclic amines) is 1. The summed E-state index contributed by atoms with van der Waals surface area (Å²) in [6.45, 7) is 2.26. The van der Waals surface area contributed by atoms with Crippen molar-refractivity contribution in [3.05, 3.63) is 53.9 Å². The van der Waals surface area contributed by atoms with E-state index in [4.69, 9.17) is 5.73 Å². The number of primary amides is 1. The molecule has 4 N–H and O–H groups in total. The van der Waals surface area contributed by atoms with Crippen molar-refractivity contribution in [2.24, 2.45) is 11.7 Å². The summed E-state index contributed by atoms with van der Waals surface area (Å²) in [6.07, 6.45) is 3.83. The average Bonchev–Trinajstić information content (AvgIpc) is 2.78. The number of sulfonamides is 1. The van der Waals surface area contributed by atoms with Crippen LogP contribution in [0.3, 0.4) is 0 Å². The minimum absolute atomic E-state index is 0.0682. The maximum atomic E-state index is 13.1. The number of nitrogens with zero attached hydrogens (tertiary/aromatic N) is 2. The van der Waals surface area contributed by atoms with Gasteiger partial charge in [0.15, 0.2) is 0 Å². The van der Waals surface area contributed by atoms with E-state index in [1.54, 1.807) is 18.2 Å². The molecule has 11 heteroatoms. The van der Waals surface area contributed by atoms with Crippen LogP contribution in [0.4, 0.5) is 5.69 Å². The zero-order valence-corrected chi connectivity index (χ0v) is 18.6. The fourth-order valence-electron chi connectivity index (χ4n) is 3.77. The molecule has 2 heterocycles. The summed E-state index contributed by atoms with van der Waals surface area (Å²) >= 11 is 0. The van der Waals surface area contributed by atoms with Gasteiger partial charge in [-0.2, -0.15) is 0 Å². The number of nitrogens with two attached hydrogens (primary N) is 1. The zero-order valence-electron chi connectivity index (χ0n) is 17.7. The molecule has 170 valence electrons. The van der Waals surface area contributed by atoms with Gasteiger partial charge in [-0.3, -0.25) is 19.4 Å². The number of carbonyl (C=O) groups is 3. The highest BCUT2D eigenvalue weighted by Gasteiger charge is 2.36. The Morgan fingerprint density at radius 1 is 1.16 bits per heavy atom. The first-order valence-corrected chi connectivity index (χ1v) is 11.5. The van der Waals surface area contributed by atoms with E-state index in [0.29, 0.717) is 18.5 Å². The van der Waals surface area contributed by atoms with Gasteiger partial charge in [0.25, 0.3) is 0 Å². The monoisotopic (exact) mass is 459 g/mol. The van der Waals surface area contributed by atoms with Crippen LogP contribution in [0.15, 0.2) is 47.6 Å². The van der Waals surface area contributed by atoms with E-state index in [2.05, 4.69) is 15.0 Å². The lowest BCUT2D eigenvalue weighted by Crippen LogP contribution is -2.47. The van der Waals surface area contributed by atoms with Crippen LogP contribution in [-0.4, -0.2) is 49.6 Å². The lowest BCUT2D eigenvalue weighted by Gasteiger charge is -2.39. The molecule has 0 radical (unpaired) electrons. The van der Waals surface area contributed by atoms with Gasteiger partial charge in [0.1, 0.15) is 0 Å². The summed E-state index contributed by atoms with van der Waals surface area (Å²) in [5.74, 6) is -2.30. The van der Waals surface area contributed by atoms with Crippen molar-refractivity contribution >= 4 is 33.4 Å². The second-order valence-corrected chi connectivity index (χ2v) is 9.54. The minimum atomic E-state index is -3.76. The topological polar surface area (TPSA) is 152 Å². The van der Waals surface area contributed by atoms with Gasteiger partial charge in [0, 0.05) is 12.7 Å². The zero-order chi connectivity index (χ0) is 23.5. The van der Waals surface area contributed by atoms with E-state index < -0.39 is 33.8 Å². The van der Waals surface area contributed by atoms with Crippen molar-refractivity contribution in [1.82, 2.24) is 14.6 Å². The largest absolute Gasteiger partial charge is 0.366 e. The van der Waals surface area contributed by atoms with Crippen LogP contribution >= 0.6 is 0 Å². The third kappa shape index (κ3) is 4.94. The lowest BCUT2D eigenvalue weighted by molar-refractivity contribution is -0.146. The summed E-state index contributed by atoms with van der Waals surface area (Å²) in [6, 6.07) is 7.18. The number of carbonyl (C=O) groups excluding carboxylic acids is 3. The number of nitrogens with one attached hydrogen (secondary N) is 2. The summed E-state index contributed by atoms with van der Waals surface area (Å²) in [5, 5.41) is 2.45.